The Bertz CT molecular complexity index is 511. The van der Waals surface area contributed by atoms with Crippen molar-refractivity contribution in [3.05, 3.63) is 34.2 Å². The van der Waals surface area contributed by atoms with E-state index >= 15 is 0 Å². The standard InChI is InChI=1S/C13H16N2O3/c1-15(9-2-4-10(16)5-3-9)13(18)11-8-14-7-6-12(11)17/h6-9H,2-5H2,1H3,(H,14,17). The molecule has 0 saturated heterocycles. The van der Waals surface area contributed by atoms with Gasteiger partial charge >= 0.3 is 0 Å². The lowest BCUT2D eigenvalue weighted by Gasteiger charge is -2.30. The lowest BCUT2D eigenvalue weighted by molar-refractivity contribution is -0.121. The molecule has 1 aromatic rings. The molecule has 1 saturated carbocycles. The molecule has 0 unspecified atom stereocenters. The minimum Gasteiger partial charge on any atom is -0.367 e. The second-order valence-electron chi connectivity index (χ2n) is 4.61. The Morgan fingerprint density at radius 2 is 2.00 bits per heavy atom. The number of H-pyrrole nitrogens is 1. The summed E-state index contributed by atoms with van der Waals surface area (Å²) in [6.07, 6.45) is 5.34. The zero-order valence-corrected chi connectivity index (χ0v) is 10.3. The van der Waals surface area contributed by atoms with Gasteiger partial charge in [-0.3, -0.25) is 14.4 Å². The number of carbonyl (C=O) groups excluding carboxylic acids is 2. The van der Waals surface area contributed by atoms with Gasteiger partial charge in [0.05, 0.1) is 0 Å². The van der Waals surface area contributed by atoms with Crippen LogP contribution < -0.4 is 5.43 Å². The maximum Gasteiger partial charge on any atom is 0.259 e. The van der Waals surface area contributed by atoms with Crippen LogP contribution in [-0.4, -0.2) is 34.7 Å². The molecule has 0 bridgehead atoms. The lowest BCUT2D eigenvalue weighted by atomic mass is 9.93. The van der Waals surface area contributed by atoms with Gasteiger partial charge in [0, 0.05) is 44.4 Å². The molecule has 2 rings (SSSR count). The normalized spacial score (nSPS) is 16.6. The molecular formula is C13H16N2O3. The summed E-state index contributed by atoms with van der Waals surface area (Å²) in [7, 11) is 1.69. The smallest absolute Gasteiger partial charge is 0.259 e. The Morgan fingerprint density at radius 1 is 1.33 bits per heavy atom. The monoisotopic (exact) mass is 248 g/mol. The second-order valence-corrected chi connectivity index (χ2v) is 4.61. The van der Waals surface area contributed by atoms with Gasteiger partial charge < -0.3 is 9.88 Å². The van der Waals surface area contributed by atoms with Gasteiger partial charge in [-0.25, -0.2) is 0 Å². The molecule has 5 nitrogen and oxygen atoms in total. The number of rotatable bonds is 2. The summed E-state index contributed by atoms with van der Waals surface area (Å²) in [5, 5.41) is 0. The number of ketones is 1. The molecule has 1 aliphatic carbocycles. The highest BCUT2D eigenvalue weighted by molar-refractivity contribution is 5.94. The molecule has 1 amide bonds. The third kappa shape index (κ3) is 2.50. The van der Waals surface area contributed by atoms with Crippen molar-refractivity contribution >= 4 is 11.7 Å². The molecule has 1 fully saturated rings. The molecule has 0 aliphatic heterocycles. The highest BCUT2D eigenvalue weighted by atomic mass is 16.2. The molecule has 96 valence electrons. The summed E-state index contributed by atoms with van der Waals surface area (Å²) in [6, 6.07) is 1.39. The largest absolute Gasteiger partial charge is 0.367 e. The second kappa shape index (κ2) is 5.16. The Balaban J connectivity index is 2.12. The molecule has 0 atom stereocenters. The zero-order chi connectivity index (χ0) is 13.1. The first kappa shape index (κ1) is 12.5. The van der Waals surface area contributed by atoms with E-state index in [1.54, 1.807) is 11.9 Å². The summed E-state index contributed by atoms with van der Waals surface area (Å²) < 4.78 is 0. The minimum atomic E-state index is -0.281. The highest BCUT2D eigenvalue weighted by Crippen LogP contribution is 2.20. The molecule has 1 aromatic heterocycles. The fourth-order valence-electron chi connectivity index (χ4n) is 2.25. The Morgan fingerprint density at radius 3 is 2.61 bits per heavy atom. The van der Waals surface area contributed by atoms with Gasteiger partial charge in [0.25, 0.3) is 5.91 Å². The van der Waals surface area contributed by atoms with Crippen LogP contribution in [0.5, 0.6) is 0 Å². The summed E-state index contributed by atoms with van der Waals surface area (Å²) in [4.78, 5) is 39.2. The number of hydrogen-bond donors (Lipinski definition) is 1. The van der Waals surface area contributed by atoms with Crippen LogP contribution in [0.15, 0.2) is 23.3 Å². The maximum atomic E-state index is 12.2. The van der Waals surface area contributed by atoms with E-state index in [1.807, 2.05) is 0 Å². The van der Waals surface area contributed by atoms with Crippen molar-refractivity contribution in [2.45, 2.75) is 31.7 Å². The Kier molecular flexibility index (Phi) is 3.60. The van der Waals surface area contributed by atoms with Crippen LogP contribution in [0.1, 0.15) is 36.0 Å². The van der Waals surface area contributed by atoms with Gasteiger partial charge in [0.15, 0.2) is 5.43 Å². The minimum absolute atomic E-state index is 0.0507. The van der Waals surface area contributed by atoms with Crippen LogP contribution in [0, 0.1) is 0 Å². The average Bonchev–Trinajstić information content (AvgIpc) is 2.38. The van der Waals surface area contributed by atoms with E-state index in [-0.39, 0.29) is 28.7 Å². The van der Waals surface area contributed by atoms with E-state index in [9.17, 15) is 14.4 Å². The van der Waals surface area contributed by atoms with Gasteiger partial charge in [0.2, 0.25) is 0 Å². The number of aromatic nitrogens is 1. The summed E-state index contributed by atoms with van der Waals surface area (Å²) in [6.45, 7) is 0. The first-order valence-electron chi connectivity index (χ1n) is 6.05. The van der Waals surface area contributed by atoms with Gasteiger partial charge in [-0.15, -0.1) is 0 Å². The number of amides is 1. The first-order chi connectivity index (χ1) is 8.59. The van der Waals surface area contributed by atoms with E-state index in [4.69, 9.17) is 0 Å². The highest BCUT2D eigenvalue weighted by Gasteiger charge is 2.26. The number of carbonyl (C=O) groups is 2. The van der Waals surface area contributed by atoms with Gasteiger partial charge in [-0.2, -0.15) is 0 Å². The molecule has 5 heteroatoms. The third-order valence-corrected chi connectivity index (χ3v) is 3.44. The predicted molar refractivity (Wildman–Crippen MR) is 66.4 cm³/mol. The van der Waals surface area contributed by atoms with Crippen molar-refractivity contribution in [3.63, 3.8) is 0 Å². The van der Waals surface area contributed by atoms with Crippen LogP contribution in [0.25, 0.3) is 0 Å². The number of pyridine rings is 1. The van der Waals surface area contributed by atoms with Crippen molar-refractivity contribution in [1.29, 1.82) is 0 Å². The van der Waals surface area contributed by atoms with E-state index in [0.717, 1.165) is 0 Å². The van der Waals surface area contributed by atoms with Crippen LogP contribution in [-0.2, 0) is 4.79 Å². The topological polar surface area (TPSA) is 70.2 Å². The Hall–Kier alpha value is -1.91. The lowest BCUT2D eigenvalue weighted by Crippen LogP contribution is -2.41. The first-order valence-corrected chi connectivity index (χ1v) is 6.05. The zero-order valence-electron chi connectivity index (χ0n) is 10.3. The molecular weight excluding hydrogens is 232 g/mol. The van der Waals surface area contributed by atoms with Crippen LogP contribution in [0.3, 0.4) is 0 Å². The van der Waals surface area contributed by atoms with Crippen LogP contribution >= 0.6 is 0 Å². The molecule has 1 aliphatic rings. The number of nitrogens with zero attached hydrogens (tertiary/aromatic N) is 1. The summed E-state index contributed by atoms with van der Waals surface area (Å²) in [5.41, 5.74) is -0.130. The van der Waals surface area contributed by atoms with E-state index in [1.165, 1.54) is 18.5 Å². The average molecular weight is 248 g/mol. The van der Waals surface area contributed by atoms with Crippen molar-refractivity contribution in [1.82, 2.24) is 9.88 Å². The van der Waals surface area contributed by atoms with Gasteiger partial charge in [0.1, 0.15) is 11.3 Å². The molecule has 1 heterocycles. The molecule has 0 spiro atoms. The summed E-state index contributed by atoms with van der Waals surface area (Å²) in [5.74, 6) is -0.0270. The fraction of sp³-hybridized carbons (Fsp3) is 0.462. The van der Waals surface area contributed by atoms with Crippen LogP contribution in [0.4, 0.5) is 0 Å². The van der Waals surface area contributed by atoms with E-state index in [0.29, 0.717) is 25.7 Å². The van der Waals surface area contributed by atoms with Gasteiger partial charge in [-0.05, 0) is 12.8 Å². The Labute approximate surface area is 105 Å². The van der Waals surface area contributed by atoms with Crippen LogP contribution in [0.2, 0.25) is 0 Å². The fourth-order valence-corrected chi connectivity index (χ4v) is 2.25. The SMILES string of the molecule is CN(C(=O)c1c[nH]ccc1=O)C1CCC(=O)CC1. The van der Waals surface area contributed by atoms with E-state index in [2.05, 4.69) is 4.98 Å². The molecule has 1 N–H and O–H groups in total. The van der Waals surface area contributed by atoms with Crippen molar-refractivity contribution in [2.75, 3.05) is 7.05 Å². The molecule has 18 heavy (non-hydrogen) atoms. The number of hydrogen-bond acceptors (Lipinski definition) is 3. The number of aromatic amines is 1. The van der Waals surface area contributed by atoms with E-state index < -0.39 is 0 Å². The van der Waals surface area contributed by atoms with Gasteiger partial charge in [-0.1, -0.05) is 0 Å². The van der Waals surface area contributed by atoms with Crippen molar-refractivity contribution in [2.24, 2.45) is 0 Å². The quantitative estimate of drug-likeness (QED) is 0.847. The molecule has 0 aromatic carbocycles. The predicted octanol–water partition coefficient (Wildman–Crippen LogP) is 0.959. The molecule has 0 radical (unpaired) electrons. The van der Waals surface area contributed by atoms with Crippen molar-refractivity contribution in [3.8, 4) is 0 Å². The number of nitrogens with one attached hydrogen (secondary N) is 1. The number of Topliss-reactive ketones (excluding diaryl/α,β-unsaturated/α-hetero) is 1. The maximum absolute atomic E-state index is 12.2. The summed E-state index contributed by atoms with van der Waals surface area (Å²) >= 11 is 0. The van der Waals surface area contributed by atoms with Crippen molar-refractivity contribution < 1.29 is 9.59 Å². The third-order valence-electron chi connectivity index (χ3n) is 3.44.